The van der Waals surface area contributed by atoms with Crippen LogP contribution in [0.4, 0.5) is 4.39 Å². The van der Waals surface area contributed by atoms with Gasteiger partial charge in [0.15, 0.2) is 0 Å². The zero-order valence-electron chi connectivity index (χ0n) is 10.6. The van der Waals surface area contributed by atoms with Gasteiger partial charge < -0.3 is 10.1 Å². The van der Waals surface area contributed by atoms with E-state index in [1.165, 1.54) is 12.8 Å². The Kier molecular flexibility index (Phi) is 4.00. The maximum Gasteiger partial charge on any atom is 0.130 e. The second-order valence-corrected chi connectivity index (χ2v) is 4.54. The van der Waals surface area contributed by atoms with Gasteiger partial charge in [-0.15, -0.1) is 0 Å². The molecule has 0 spiro atoms. The molecule has 0 bridgehead atoms. The summed E-state index contributed by atoms with van der Waals surface area (Å²) >= 11 is 0. The van der Waals surface area contributed by atoms with Crippen molar-refractivity contribution in [3.05, 3.63) is 29.1 Å². The van der Waals surface area contributed by atoms with Gasteiger partial charge in [0.2, 0.25) is 0 Å². The third kappa shape index (κ3) is 2.60. The van der Waals surface area contributed by atoms with Crippen LogP contribution in [0, 0.1) is 5.82 Å². The summed E-state index contributed by atoms with van der Waals surface area (Å²) in [6, 6.07) is 3.91. The number of rotatable bonds is 3. The maximum absolute atomic E-state index is 13.9. The Morgan fingerprint density at radius 2 is 2.24 bits per heavy atom. The highest BCUT2D eigenvalue weighted by atomic mass is 19.1. The van der Waals surface area contributed by atoms with Crippen molar-refractivity contribution in [2.24, 2.45) is 0 Å². The molecule has 1 aliphatic heterocycles. The fourth-order valence-electron chi connectivity index (χ4n) is 2.49. The molecule has 94 valence electrons. The van der Waals surface area contributed by atoms with Gasteiger partial charge in [-0.2, -0.15) is 0 Å². The quantitative estimate of drug-likeness (QED) is 0.871. The number of nitrogens with one attached hydrogen (secondary N) is 1. The molecule has 0 aromatic heterocycles. The van der Waals surface area contributed by atoms with Crippen molar-refractivity contribution < 1.29 is 9.13 Å². The Morgan fingerprint density at radius 1 is 1.41 bits per heavy atom. The number of methoxy groups -OCH3 is 1. The summed E-state index contributed by atoms with van der Waals surface area (Å²) < 4.78 is 19.2. The minimum absolute atomic E-state index is 0.144. The van der Waals surface area contributed by atoms with Gasteiger partial charge in [-0.05, 0) is 43.5 Å². The molecule has 0 amide bonds. The van der Waals surface area contributed by atoms with E-state index in [-0.39, 0.29) is 11.9 Å². The van der Waals surface area contributed by atoms with Gasteiger partial charge in [0.1, 0.15) is 11.6 Å². The van der Waals surface area contributed by atoms with Crippen LogP contribution < -0.4 is 10.1 Å². The highest BCUT2D eigenvalue weighted by molar-refractivity contribution is 5.40. The molecule has 1 unspecified atom stereocenters. The molecule has 1 fully saturated rings. The minimum atomic E-state index is -0.144. The second-order valence-electron chi connectivity index (χ2n) is 4.54. The SMILES string of the molecule is CCc1c(F)cc(C2CCCCN2)cc1OC. The van der Waals surface area contributed by atoms with Gasteiger partial charge in [0.25, 0.3) is 0 Å². The van der Waals surface area contributed by atoms with Gasteiger partial charge in [0, 0.05) is 11.6 Å². The summed E-state index contributed by atoms with van der Waals surface area (Å²) in [5.74, 6) is 0.532. The number of hydrogen-bond donors (Lipinski definition) is 1. The molecule has 1 aliphatic rings. The standard InChI is InChI=1S/C14H20FNO/c1-3-11-12(15)8-10(9-14(11)17-2)13-6-4-5-7-16-13/h8-9,13,16H,3-7H2,1-2H3. The summed E-state index contributed by atoms with van der Waals surface area (Å²) in [5, 5.41) is 3.43. The van der Waals surface area contributed by atoms with Crippen molar-refractivity contribution in [2.75, 3.05) is 13.7 Å². The van der Waals surface area contributed by atoms with Crippen molar-refractivity contribution in [2.45, 2.75) is 38.6 Å². The number of halogens is 1. The van der Waals surface area contributed by atoms with Crippen molar-refractivity contribution in [3.8, 4) is 5.75 Å². The van der Waals surface area contributed by atoms with E-state index < -0.39 is 0 Å². The van der Waals surface area contributed by atoms with Crippen molar-refractivity contribution in [1.29, 1.82) is 0 Å². The molecule has 1 N–H and O–H groups in total. The Balaban J connectivity index is 2.31. The molecule has 1 atom stereocenters. The third-order valence-corrected chi connectivity index (χ3v) is 3.46. The summed E-state index contributed by atoms with van der Waals surface area (Å²) in [5.41, 5.74) is 1.68. The lowest BCUT2D eigenvalue weighted by Crippen LogP contribution is -2.26. The zero-order chi connectivity index (χ0) is 12.3. The summed E-state index contributed by atoms with van der Waals surface area (Å²) in [4.78, 5) is 0. The van der Waals surface area contributed by atoms with Crippen LogP contribution >= 0.6 is 0 Å². The minimum Gasteiger partial charge on any atom is -0.496 e. The Bertz CT molecular complexity index is 386. The van der Waals surface area contributed by atoms with E-state index in [9.17, 15) is 4.39 Å². The molecule has 1 saturated heterocycles. The topological polar surface area (TPSA) is 21.3 Å². The third-order valence-electron chi connectivity index (χ3n) is 3.46. The number of benzene rings is 1. The monoisotopic (exact) mass is 237 g/mol. The molecule has 1 aromatic rings. The average molecular weight is 237 g/mol. The van der Waals surface area contributed by atoms with Crippen molar-refractivity contribution in [1.82, 2.24) is 5.32 Å². The fraction of sp³-hybridized carbons (Fsp3) is 0.571. The van der Waals surface area contributed by atoms with Gasteiger partial charge in [-0.1, -0.05) is 13.3 Å². The molecule has 2 nitrogen and oxygen atoms in total. The van der Waals surface area contributed by atoms with Crippen LogP contribution in [0.25, 0.3) is 0 Å². The number of hydrogen-bond acceptors (Lipinski definition) is 2. The fourth-order valence-corrected chi connectivity index (χ4v) is 2.49. The molecular formula is C14H20FNO. The molecule has 2 rings (SSSR count). The summed E-state index contributed by atoms with van der Waals surface area (Å²) in [7, 11) is 1.60. The largest absolute Gasteiger partial charge is 0.496 e. The van der Waals surface area contributed by atoms with Gasteiger partial charge in [-0.25, -0.2) is 4.39 Å². The highest BCUT2D eigenvalue weighted by Crippen LogP contribution is 2.30. The molecule has 3 heteroatoms. The van der Waals surface area contributed by atoms with Crippen LogP contribution in [0.3, 0.4) is 0 Å². The Hall–Kier alpha value is -1.09. The van der Waals surface area contributed by atoms with E-state index in [1.807, 2.05) is 13.0 Å². The molecule has 0 radical (unpaired) electrons. The zero-order valence-corrected chi connectivity index (χ0v) is 10.6. The van der Waals surface area contributed by atoms with E-state index in [2.05, 4.69) is 5.32 Å². The van der Waals surface area contributed by atoms with Crippen LogP contribution in [-0.2, 0) is 6.42 Å². The molecule has 0 aliphatic carbocycles. The van der Waals surface area contributed by atoms with Gasteiger partial charge in [0.05, 0.1) is 7.11 Å². The molecule has 17 heavy (non-hydrogen) atoms. The first-order valence-electron chi connectivity index (χ1n) is 6.36. The predicted molar refractivity (Wildman–Crippen MR) is 66.9 cm³/mol. The second kappa shape index (κ2) is 5.50. The van der Waals surface area contributed by atoms with Crippen molar-refractivity contribution in [3.63, 3.8) is 0 Å². The van der Waals surface area contributed by atoms with E-state index >= 15 is 0 Å². The average Bonchev–Trinajstić information content (AvgIpc) is 2.38. The van der Waals surface area contributed by atoms with Crippen LogP contribution in [-0.4, -0.2) is 13.7 Å². The van der Waals surface area contributed by atoms with E-state index in [4.69, 9.17) is 4.74 Å². The van der Waals surface area contributed by atoms with Gasteiger partial charge in [-0.3, -0.25) is 0 Å². The molecule has 1 heterocycles. The van der Waals surface area contributed by atoms with Crippen LogP contribution in [0.15, 0.2) is 12.1 Å². The van der Waals surface area contributed by atoms with Crippen LogP contribution in [0.5, 0.6) is 5.75 Å². The Morgan fingerprint density at radius 3 is 2.82 bits per heavy atom. The maximum atomic E-state index is 13.9. The first-order chi connectivity index (χ1) is 8.26. The first kappa shape index (κ1) is 12.4. The molecule has 0 saturated carbocycles. The lowest BCUT2D eigenvalue weighted by atomic mass is 9.95. The van der Waals surface area contributed by atoms with E-state index in [1.54, 1.807) is 13.2 Å². The van der Waals surface area contributed by atoms with E-state index in [0.29, 0.717) is 17.7 Å². The smallest absolute Gasteiger partial charge is 0.130 e. The van der Waals surface area contributed by atoms with Crippen LogP contribution in [0.2, 0.25) is 0 Å². The lowest BCUT2D eigenvalue weighted by Gasteiger charge is -2.24. The Labute approximate surface area is 102 Å². The first-order valence-corrected chi connectivity index (χ1v) is 6.36. The number of piperidine rings is 1. The predicted octanol–water partition coefficient (Wildman–Crippen LogP) is 3.21. The van der Waals surface area contributed by atoms with E-state index in [0.717, 1.165) is 18.5 Å². The molecular weight excluding hydrogens is 217 g/mol. The van der Waals surface area contributed by atoms with Crippen molar-refractivity contribution >= 4 is 0 Å². The number of ether oxygens (including phenoxy) is 1. The highest BCUT2D eigenvalue weighted by Gasteiger charge is 2.18. The summed E-state index contributed by atoms with van der Waals surface area (Å²) in [6.45, 7) is 2.96. The lowest BCUT2D eigenvalue weighted by molar-refractivity contribution is 0.392. The van der Waals surface area contributed by atoms with Gasteiger partial charge >= 0.3 is 0 Å². The molecule has 1 aromatic carbocycles. The summed E-state index contributed by atoms with van der Waals surface area (Å²) in [6.07, 6.45) is 4.15. The van der Waals surface area contributed by atoms with Crippen LogP contribution in [0.1, 0.15) is 43.4 Å². The normalized spacial score (nSPS) is 20.3.